The normalized spacial score (nSPS) is 13.0. The van der Waals surface area contributed by atoms with Crippen molar-refractivity contribution in [3.8, 4) is 28.5 Å². The average Bonchev–Trinajstić information content (AvgIpc) is 3.32. The summed E-state index contributed by atoms with van der Waals surface area (Å²) in [6, 6.07) is 3.56. The first-order valence-electron chi connectivity index (χ1n) is 10.1. The van der Waals surface area contributed by atoms with Gasteiger partial charge in [0.1, 0.15) is 0 Å². The fraction of sp³-hybridized carbons (Fsp3) is 0.409. The molecule has 0 saturated carbocycles. The highest BCUT2D eigenvalue weighted by molar-refractivity contribution is 7.09. The van der Waals surface area contributed by atoms with E-state index in [1.165, 1.54) is 10.6 Å². The predicted molar refractivity (Wildman–Crippen MR) is 118 cm³/mol. The van der Waals surface area contributed by atoms with Crippen LogP contribution in [-0.4, -0.2) is 41.6 Å². The van der Waals surface area contributed by atoms with E-state index >= 15 is 0 Å². The number of hydrogen-bond acceptors (Lipinski definition) is 6. The van der Waals surface area contributed by atoms with Gasteiger partial charge in [0.25, 0.3) is 5.91 Å². The Labute approximate surface area is 184 Å². The van der Waals surface area contributed by atoms with Crippen molar-refractivity contribution < 1.29 is 19.0 Å². The minimum atomic E-state index is -0.221. The fourth-order valence-corrected chi connectivity index (χ4v) is 5.27. The highest BCUT2D eigenvalue weighted by Gasteiger charge is 2.25. The summed E-state index contributed by atoms with van der Waals surface area (Å²) in [5.41, 5.74) is 4.26. The van der Waals surface area contributed by atoms with Crippen LogP contribution >= 0.6 is 11.3 Å². The topological polar surface area (TPSA) is 79.9 Å². The molecule has 0 radical (unpaired) electrons. The maximum atomic E-state index is 12.9. The van der Waals surface area contributed by atoms with Crippen LogP contribution in [0.1, 0.15) is 23.1 Å². The average molecular weight is 443 g/mol. The summed E-state index contributed by atoms with van der Waals surface area (Å²) in [4.78, 5) is 19.3. The number of hydrogen-bond donors (Lipinski definition) is 0. The van der Waals surface area contributed by atoms with E-state index in [1.807, 2.05) is 17.9 Å². The molecule has 1 aromatic carbocycles. The van der Waals surface area contributed by atoms with Crippen molar-refractivity contribution in [3.05, 3.63) is 39.3 Å². The van der Waals surface area contributed by atoms with Crippen LogP contribution in [0.2, 0.25) is 0 Å². The Morgan fingerprint density at radius 3 is 2.48 bits per heavy atom. The zero-order valence-corrected chi connectivity index (χ0v) is 19.2. The van der Waals surface area contributed by atoms with Gasteiger partial charge in [-0.15, -0.1) is 11.3 Å². The Hall–Kier alpha value is -3.07. The van der Waals surface area contributed by atoms with Crippen LogP contribution in [0, 0.1) is 0 Å². The van der Waals surface area contributed by atoms with Crippen LogP contribution in [0.25, 0.3) is 11.3 Å². The number of rotatable bonds is 6. The zero-order chi connectivity index (χ0) is 22.1. The molecule has 0 fully saturated rings. The van der Waals surface area contributed by atoms with Crippen molar-refractivity contribution in [2.24, 2.45) is 12.0 Å². The Morgan fingerprint density at radius 2 is 1.87 bits per heavy atom. The maximum absolute atomic E-state index is 12.9. The van der Waals surface area contributed by atoms with Crippen molar-refractivity contribution in [2.75, 3.05) is 21.3 Å². The lowest BCUT2D eigenvalue weighted by Gasteiger charge is -2.15. The molecule has 0 saturated heterocycles. The number of aryl methyl sites for hydroxylation is 2. The summed E-state index contributed by atoms with van der Waals surface area (Å²) in [5.74, 6) is 1.31. The van der Waals surface area contributed by atoms with Gasteiger partial charge in [-0.25, -0.2) is 0 Å². The second-order valence-electron chi connectivity index (χ2n) is 7.25. The first-order chi connectivity index (χ1) is 15.0. The molecule has 4 rings (SSSR count). The third kappa shape index (κ3) is 3.74. The summed E-state index contributed by atoms with van der Waals surface area (Å²) in [5, 5.41) is 4.42. The van der Waals surface area contributed by atoms with Crippen LogP contribution in [0.3, 0.4) is 0 Å². The number of benzene rings is 1. The number of methoxy groups -OCH3 is 3. The molecule has 1 aliphatic rings. The van der Waals surface area contributed by atoms with E-state index in [2.05, 4.69) is 21.6 Å². The van der Waals surface area contributed by atoms with Crippen molar-refractivity contribution >= 4 is 17.2 Å². The molecule has 31 heavy (non-hydrogen) atoms. The predicted octanol–water partition coefficient (Wildman–Crippen LogP) is 2.76. The van der Waals surface area contributed by atoms with E-state index in [1.54, 1.807) is 44.8 Å². The highest BCUT2D eigenvalue weighted by atomic mass is 32.1. The van der Waals surface area contributed by atoms with Gasteiger partial charge in [-0.1, -0.05) is 0 Å². The number of fused-ring (bicyclic) bond motifs is 3. The van der Waals surface area contributed by atoms with Crippen molar-refractivity contribution in [1.82, 2.24) is 14.3 Å². The quantitative estimate of drug-likeness (QED) is 0.587. The Kier molecular flexibility index (Phi) is 5.86. The minimum Gasteiger partial charge on any atom is -0.493 e. The molecule has 2 heterocycles. The van der Waals surface area contributed by atoms with Gasteiger partial charge in [-0.2, -0.15) is 10.1 Å². The SMILES string of the molecule is CCn1c2c(sc1=NC(=O)Cc1cc(OC)c(OC)c(OC)c1)CCc1c-2cnn1C. The van der Waals surface area contributed by atoms with Gasteiger partial charge in [0, 0.05) is 29.7 Å². The molecule has 0 bridgehead atoms. The number of amides is 1. The van der Waals surface area contributed by atoms with Gasteiger partial charge in [0.05, 0.1) is 39.6 Å². The van der Waals surface area contributed by atoms with E-state index in [-0.39, 0.29) is 12.3 Å². The lowest BCUT2D eigenvalue weighted by Crippen LogP contribution is -2.18. The summed E-state index contributed by atoms with van der Waals surface area (Å²) >= 11 is 1.59. The smallest absolute Gasteiger partial charge is 0.252 e. The molecular weight excluding hydrogens is 416 g/mol. The van der Waals surface area contributed by atoms with Crippen LogP contribution in [0.4, 0.5) is 0 Å². The van der Waals surface area contributed by atoms with Gasteiger partial charge in [-0.3, -0.25) is 9.48 Å². The number of thiazole rings is 1. The monoisotopic (exact) mass is 442 g/mol. The van der Waals surface area contributed by atoms with Crippen molar-refractivity contribution in [1.29, 1.82) is 0 Å². The number of carbonyl (C=O) groups excluding carboxylic acids is 1. The molecule has 0 aliphatic heterocycles. The van der Waals surface area contributed by atoms with Crippen LogP contribution in [0.15, 0.2) is 23.3 Å². The van der Waals surface area contributed by atoms with Gasteiger partial charge < -0.3 is 18.8 Å². The minimum absolute atomic E-state index is 0.140. The van der Waals surface area contributed by atoms with Crippen molar-refractivity contribution in [3.63, 3.8) is 0 Å². The summed E-state index contributed by atoms with van der Waals surface area (Å²) in [6.07, 6.45) is 3.93. The van der Waals surface area contributed by atoms with Gasteiger partial charge >= 0.3 is 0 Å². The van der Waals surface area contributed by atoms with E-state index in [0.29, 0.717) is 17.2 Å². The lowest BCUT2D eigenvalue weighted by atomic mass is 10.00. The second kappa shape index (κ2) is 8.58. The second-order valence-corrected chi connectivity index (χ2v) is 8.31. The van der Waals surface area contributed by atoms with Crippen molar-refractivity contribution in [2.45, 2.75) is 32.7 Å². The molecule has 2 aromatic heterocycles. The number of ether oxygens (including phenoxy) is 3. The summed E-state index contributed by atoms with van der Waals surface area (Å²) in [7, 11) is 6.63. The Bertz CT molecular complexity index is 1180. The molecule has 1 amide bonds. The molecule has 9 heteroatoms. The Morgan fingerprint density at radius 1 is 1.16 bits per heavy atom. The van der Waals surface area contributed by atoms with Crippen LogP contribution < -0.4 is 19.0 Å². The van der Waals surface area contributed by atoms with Gasteiger partial charge in [0.2, 0.25) is 5.75 Å². The molecule has 8 nitrogen and oxygen atoms in total. The van der Waals surface area contributed by atoms with Gasteiger partial charge in [-0.05, 0) is 37.5 Å². The molecular formula is C22H26N4O4S. The van der Waals surface area contributed by atoms with E-state index in [9.17, 15) is 4.79 Å². The standard InChI is InChI=1S/C22H26N4O4S/c1-6-26-20-14-12-23-25(2)15(14)7-8-18(20)31-22(26)24-19(27)11-13-9-16(28-3)21(30-5)17(10-13)29-4/h9-10,12H,6-8,11H2,1-5H3. The maximum Gasteiger partial charge on any atom is 0.252 e. The molecule has 0 N–H and O–H groups in total. The summed E-state index contributed by atoms with van der Waals surface area (Å²) in [6.45, 7) is 2.80. The lowest BCUT2D eigenvalue weighted by molar-refractivity contribution is -0.117. The van der Waals surface area contributed by atoms with E-state index < -0.39 is 0 Å². The number of carbonyl (C=O) groups is 1. The van der Waals surface area contributed by atoms with Crippen LogP contribution in [0.5, 0.6) is 17.2 Å². The molecule has 1 aliphatic carbocycles. The molecule has 3 aromatic rings. The largest absolute Gasteiger partial charge is 0.493 e. The molecule has 0 spiro atoms. The van der Waals surface area contributed by atoms with Gasteiger partial charge in [0.15, 0.2) is 16.3 Å². The van der Waals surface area contributed by atoms with Crippen LogP contribution in [-0.2, 0) is 37.6 Å². The zero-order valence-electron chi connectivity index (χ0n) is 18.4. The number of aromatic nitrogens is 3. The fourth-order valence-electron chi connectivity index (χ4n) is 4.05. The number of nitrogens with zero attached hydrogens (tertiary/aromatic N) is 4. The first-order valence-corrected chi connectivity index (χ1v) is 10.9. The third-order valence-electron chi connectivity index (χ3n) is 5.50. The first kappa shape index (κ1) is 21.2. The molecule has 0 unspecified atom stereocenters. The molecule has 0 atom stereocenters. The Balaban J connectivity index is 1.69. The third-order valence-corrected chi connectivity index (χ3v) is 6.64. The molecule has 164 valence electrons. The summed E-state index contributed by atoms with van der Waals surface area (Å²) < 4.78 is 20.2. The van der Waals surface area contributed by atoms with E-state index in [4.69, 9.17) is 14.2 Å². The van der Waals surface area contributed by atoms with E-state index in [0.717, 1.165) is 41.0 Å². The highest BCUT2D eigenvalue weighted by Crippen LogP contribution is 2.38.